The van der Waals surface area contributed by atoms with Crippen molar-refractivity contribution in [3.05, 3.63) is 59.7 Å². The van der Waals surface area contributed by atoms with Gasteiger partial charge in [-0.2, -0.15) is 0 Å². The second-order valence-electron chi connectivity index (χ2n) is 5.85. The molecule has 2 aromatic heterocycles. The van der Waals surface area contributed by atoms with Crippen molar-refractivity contribution in [3.63, 3.8) is 0 Å². The molecule has 3 N–H and O–H groups in total. The largest absolute Gasteiger partial charge is 0.361 e. The molecule has 3 aromatic rings. The van der Waals surface area contributed by atoms with Crippen molar-refractivity contribution in [2.24, 2.45) is 5.73 Å². The third-order valence-electron chi connectivity index (χ3n) is 4.12. The molecule has 0 aliphatic rings. The fourth-order valence-electron chi connectivity index (χ4n) is 2.87. The SMILES string of the molecule is CC[C@@H](Nc1nc(CCN)nc2ccccc12)c1ncccc1C. The molecule has 0 unspecified atom stereocenters. The topological polar surface area (TPSA) is 76.7 Å². The van der Waals surface area contributed by atoms with E-state index in [1.807, 2.05) is 36.5 Å². The summed E-state index contributed by atoms with van der Waals surface area (Å²) in [6.45, 7) is 4.77. The first-order valence-corrected chi connectivity index (χ1v) is 8.36. The molecule has 3 rings (SSSR count). The molecule has 0 amide bonds. The van der Waals surface area contributed by atoms with E-state index in [1.165, 1.54) is 5.56 Å². The van der Waals surface area contributed by atoms with Gasteiger partial charge in [-0.1, -0.05) is 25.1 Å². The Balaban J connectivity index is 2.03. The normalized spacial score (nSPS) is 12.3. The summed E-state index contributed by atoms with van der Waals surface area (Å²) in [5.41, 5.74) is 8.86. The average molecular weight is 321 g/mol. The Hall–Kier alpha value is -2.53. The van der Waals surface area contributed by atoms with Gasteiger partial charge in [-0.15, -0.1) is 0 Å². The van der Waals surface area contributed by atoms with Gasteiger partial charge in [0.25, 0.3) is 0 Å². The van der Waals surface area contributed by atoms with E-state index in [0.29, 0.717) is 13.0 Å². The molecule has 0 aliphatic heterocycles. The van der Waals surface area contributed by atoms with E-state index in [4.69, 9.17) is 10.7 Å². The molecule has 24 heavy (non-hydrogen) atoms. The molecule has 0 spiro atoms. The summed E-state index contributed by atoms with van der Waals surface area (Å²) in [5.74, 6) is 1.62. The molecule has 0 aliphatic carbocycles. The van der Waals surface area contributed by atoms with Crippen LogP contribution in [0, 0.1) is 6.92 Å². The zero-order chi connectivity index (χ0) is 16.9. The maximum absolute atomic E-state index is 5.68. The number of anilines is 1. The number of nitrogens with zero attached hydrogens (tertiary/aromatic N) is 3. The van der Waals surface area contributed by atoms with Crippen molar-refractivity contribution in [1.29, 1.82) is 0 Å². The average Bonchev–Trinajstić information content (AvgIpc) is 2.60. The highest BCUT2D eigenvalue weighted by Gasteiger charge is 2.16. The Kier molecular flexibility index (Phi) is 5.01. The molecule has 0 radical (unpaired) electrons. The number of rotatable bonds is 6. The van der Waals surface area contributed by atoms with Crippen LogP contribution in [0.4, 0.5) is 5.82 Å². The van der Waals surface area contributed by atoms with Crippen LogP contribution in [-0.2, 0) is 6.42 Å². The van der Waals surface area contributed by atoms with Crippen LogP contribution >= 0.6 is 0 Å². The van der Waals surface area contributed by atoms with Crippen LogP contribution < -0.4 is 11.1 Å². The number of fused-ring (bicyclic) bond motifs is 1. The third kappa shape index (κ3) is 3.36. The lowest BCUT2D eigenvalue weighted by Crippen LogP contribution is -2.15. The van der Waals surface area contributed by atoms with Gasteiger partial charge in [-0.25, -0.2) is 9.97 Å². The maximum atomic E-state index is 5.68. The van der Waals surface area contributed by atoms with E-state index in [0.717, 1.165) is 34.7 Å². The molecular weight excluding hydrogens is 298 g/mol. The van der Waals surface area contributed by atoms with Crippen molar-refractivity contribution in [3.8, 4) is 0 Å². The molecule has 1 aromatic carbocycles. The van der Waals surface area contributed by atoms with Gasteiger partial charge in [0.1, 0.15) is 11.6 Å². The lowest BCUT2D eigenvalue weighted by atomic mass is 10.1. The molecule has 0 fully saturated rings. The number of benzene rings is 1. The van der Waals surface area contributed by atoms with Crippen molar-refractivity contribution in [2.45, 2.75) is 32.7 Å². The number of para-hydroxylation sites is 1. The number of nitrogens with one attached hydrogen (secondary N) is 1. The molecular formula is C19H23N5. The first-order valence-electron chi connectivity index (χ1n) is 8.36. The van der Waals surface area contributed by atoms with Crippen molar-refractivity contribution in [1.82, 2.24) is 15.0 Å². The minimum atomic E-state index is 0.107. The number of hydrogen-bond acceptors (Lipinski definition) is 5. The fourth-order valence-corrected chi connectivity index (χ4v) is 2.87. The number of aryl methyl sites for hydroxylation is 1. The third-order valence-corrected chi connectivity index (χ3v) is 4.12. The lowest BCUT2D eigenvalue weighted by Gasteiger charge is -2.20. The first-order chi connectivity index (χ1) is 11.7. The smallest absolute Gasteiger partial charge is 0.138 e. The maximum Gasteiger partial charge on any atom is 0.138 e. The highest BCUT2D eigenvalue weighted by atomic mass is 15.1. The minimum absolute atomic E-state index is 0.107. The summed E-state index contributed by atoms with van der Waals surface area (Å²) in [5, 5.41) is 4.59. The summed E-state index contributed by atoms with van der Waals surface area (Å²) >= 11 is 0. The van der Waals surface area contributed by atoms with Crippen molar-refractivity contribution >= 4 is 16.7 Å². The van der Waals surface area contributed by atoms with E-state index in [1.54, 1.807) is 0 Å². The van der Waals surface area contributed by atoms with Gasteiger partial charge >= 0.3 is 0 Å². The van der Waals surface area contributed by atoms with Gasteiger partial charge in [0.2, 0.25) is 0 Å². The lowest BCUT2D eigenvalue weighted by molar-refractivity contribution is 0.711. The van der Waals surface area contributed by atoms with E-state index < -0.39 is 0 Å². The van der Waals surface area contributed by atoms with E-state index in [9.17, 15) is 0 Å². The second kappa shape index (κ2) is 7.36. The summed E-state index contributed by atoms with van der Waals surface area (Å²) < 4.78 is 0. The Bertz CT molecular complexity index is 831. The number of hydrogen-bond donors (Lipinski definition) is 2. The molecule has 0 bridgehead atoms. The predicted octanol–water partition coefficient (Wildman–Crippen LogP) is 3.40. The molecule has 1 atom stereocenters. The zero-order valence-corrected chi connectivity index (χ0v) is 14.2. The highest BCUT2D eigenvalue weighted by molar-refractivity contribution is 5.89. The summed E-state index contributed by atoms with van der Waals surface area (Å²) in [6.07, 6.45) is 3.42. The highest BCUT2D eigenvalue weighted by Crippen LogP contribution is 2.27. The van der Waals surface area contributed by atoms with Gasteiger partial charge < -0.3 is 11.1 Å². The Morgan fingerprint density at radius 2 is 1.96 bits per heavy atom. The number of aromatic nitrogens is 3. The molecule has 2 heterocycles. The van der Waals surface area contributed by atoms with Crippen LogP contribution in [0.15, 0.2) is 42.6 Å². The van der Waals surface area contributed by atoms with E-state index >= 15 is 0 Å². The van der Waals surface area contributed by atoms with Gasteiger partial charge in [-0.3, -0.25) is 4.98 Å². The van der Waals surface area contributed by atoms with Crippen LogP contribution in [-0.4, -0.2) is 21.5 Å². The van der Waals surface area contributed by atoms with Crippen LogP contribution in [0.1, 0.15) is 36.5 Å². The Morgan fingerprint density at radius 1 is 1.12 bits per heavy atom. The summed E-state index contributed by atoms with van der Waals surface area (Å²) in [6, 6.07) is 12.2. The molecule has 0 saturated heterocycles. The summed E-state index contributed by atoms with van der Waals surface area (Å²) in [4.78, 5) is 13.9. The Labute approximate surface area is 142 Å². The number of nitrogens with two attached hydrogens (primary N) is 1. The quantitative estimate of drug-likeness (QED) is 0.727. The van der Waals surface area contributed by atoms with Crippen LogP contribution in [0.2, 0.25) is 0 Å². The van der Waals surface area contributed by atoms with Crippen LogP contribution in [0.25, 0.3) is 10.9 Å². The van der Waals surface area contributed by atoms with Gasteiger partial charge in [0, 0.05) is 18.0 Å². The molecule has 124 valence electrons. The monoisotopic (exact) mass is 321 g/mol. The first kappa shape index (κ1) is 16.3. The van der Waals surface area contributed by atoms with Crippen LogP contribution in [0.5, 0.6) is 0 Å². The predicted molar refractivity (Wildman–Crippen MR) is 97.9 cm³/mol. The van der Waals surface area contributed by atoms with Crippen LogP contribution in [0.3, 0.4) is 0 Å². The van der Waals surface area contributed by atoms with Gasteiger partial charge in [-0.05, 0) is 43.7 Å². The van der Waals surface area contributed by atoms with E-state index in [-0.39, 0.29) is 6.04 Å². The van der Waals surface area contributed by atoms with Crippen molar-refractivity contribution < 1.29 is 0 Å². The molecule has 5 nitrogen and oxygen atoms in total. The molecule has 0 saturated carbocycles. The second-order valence-corrected chi connectivity index (χ2v) is 5.85. The number of pyridine rings is 1. The summed E-state index contributed by atoms with van der Waals surface area (Å²) in [7, 11) is 0. The molecule has 5 heteroatoms. The van der Waals surface area contributed by atoms with Crippen molar-refractivity contribution in [2.75, 3.05) is 11.9 Å². The van der Waals surface area contributed by atoms with Gasteiger partial charge in [0.15, 0.2) is 0 Å². The Morgan fingerprint density at radius 3 is 2.71 bits per heavy atom. The van der Waals surface area contributed by atoms with Gasteiger partial charge in [0.05, 0.1) is 17.3 Å². The zero-order valence-electron chi connectivity index (χ0n) is 14.2. The minimum Gasteiger partial charge on any atom is -0.361 e. The standard InChI is InChI=1S/C19H23N5/c1-3-15(18-13(2)7-6-12-21-18)23-19-14-8-4-5-9-16(14)22-17(24-19)10-11-20/h4-9,12,15H,3,10-11,20H2,1-2H3,(H,22,23,24)/t15-/m1/s1. The van der Waals surface area contributed by atoms with E-state index in [2.05, 4.69) is 35.2 Å². The fraction of sp³-hybridized carbons (Fsp3) is 0.316.